The number of aromatic nitrogens is 2. The van der Waals surface area contributed by atoms with Crippen LogP contribution in [0.2, 0.25) is 0 Å². The molecule has 0 fully saturated rings. The van der Waals surface area contributed by atoms with Gasteiger partial charge in [0.15, 0.2) is 5.82 Å². The maximum absolute atomic E-state index is 12.6. The monoisotopic (exact) mass is 479 g/mol. The number of hydrogen-bond acceptors (Lipinski definition) is 5. The van der Waals surface area contributed by atoms with Crippen molar-refractivity contribution in [3.05, 3.63) is 87.8 Å². The number of aliphatic hydroxyl groups is 1. The lowest BCUT2D eigenvalue weighted by Gasteiger charge is -2.11. The van der Waals surface area contributed by atoms with Gasteiger partial charge in [-0.05, 0) is 34.7 Å². The maximum atomic E-state index is 12.6. The van der Waals surface area contributed by atoms with Gasteiger partial charge >= 0.3 is 0 Å². The number of benzene rings is 2. The van der Waals surface area contributed by atoms with E-state index in [0.717, 1.165) is 26.0 Å². The van der Waals surface area contributed by atoms with E-state index < -0.39 is 0 Å². The Bertz CT molecular complexity index is 1140. The van der Waals surface area contributed by atoms with Crippen LogP contribution in [0.1, 0.15) is 11.1 Å². The third-order valence-electron chi connectivity index (χ3n) is 4.50. The lowest BCUT2D eigenvalue weighted by molar-refractivity contribution is -0.115. The summed E-state index contributed by atoms with van der Waals surface area (Å²) in [6.07, 6.45) is 1.91. The Hall–Kier alpha value is -2.87. The van der Waals surface area contributed by atoms with E-state index in [1.807, 2.05) is 66.0 Å². The Morgan fingerprint density at radius 2 is 1.77 bits per heavy atom. The number of thiophene rings is 1. The summed E-state index contributed by atoms with van der Waals surface area (Å²) >= 11 is 4.94. The lowest BCUT2D eigenvalue weighted by atomic mass is 10.1. The van der Waals surface area contributed by atoms with E-state index in [9.17, 15) is 9.90 Å². The number of hydrogen-bond donors (Lipinski definition) is 2. The molecule has 2 heterocycles. The predicted octanol–water partition coefficient (Wildman–Crippen LogP) is 5.31. The van der Waals surface area contributed by atoms with Crippen molar-refractivity contribution in [2.24, 2.45) is 0 Å². The molecule has 0 bridgehead atoms. The van der Waals surface area contributed by atoms with Crippen molar-refractivity contribution in [1.82, 2.24) is 9.97 Å². The highest BCUT2D eigenvalue weighted by Gasteiger charge is 2.15. The molecule has 2 aromatic heterocycles. The van der Waals surface area contributed by atoms with Crippen molar-refractivity contribution in [3.8, 4) is 21.8 Å². The molecule has 0 spiro atoms. The van der Waals surface area contributed by atoms with Gasteiger partial charge in [0, 0.05) is 10.0 Å². The average Bonchev–Trinajstić information content (AvgIpc) is 3.30. The highest BCUT2D eigenvalue weighted by Crippen LogP contribution is 2.31. The quantitative estimate of drug-likeness (QED) is 0.392. The minimum Gasteiger partial charge on any atom is -0.392 e. The first-order chi connectivity index (χ1) is 14.6. The first-order valence-corrected chi connectivity index (χ1v) is 10.9. The van der Waals surface area contributed by atoms with Crippen LogP contribution in [-0.4, -0.2) is 21.0 Å². The summed E-state index contributed by atoms with van der Waals surface area (Å²) < 4.78 is 0.972. The third-order valence-corrected chi connectivity index (χ3v) is 5.90. The number of carbonyl (C=O) groups is 1. The molecular weight excluding hydrogens is 462 g/mol. The van der Waals surface area contributed by atoms with Crippen LogP contribution in [0.15, 0.2) is 76.7 Å². The molecule has 150 valence electrons. The molecule has 5 nitrogen and oxygen atoms in total. The van der Waals surface area contributed by atoms with E-state index in [0.29, 0.717) is 17.2 Å². The molecule has 0 unspecified atom stereocenters. The average molecular weight is 480 g/mol. The number of amides is 1. The summed E-state index contributed by atoms with van der Waals surface area (Å²) in [7, 11) is 0. The summed E-state index contributed by atoms with van der Waals surface area (Å²) in [6, 6.07) is 19.1. The Labute approximate surface area is 186 Å². The summed E-state index contributed by atoms with van der Waals surface area (Å²) in [5.41, 5.74) is 3.99. The molecule has 0 aliphatic carbocycles. The van der Waals surface area contributed by atoms with Crippen LogP contribution in [0, 0.1) is 0 Å². The summed E-state index contributed by atoms with van der Waals surface area (Å²) in [5, 5.41) is 14.1. The fraction of sp³-hybridized carbons (Fsp3) is 0.0870. The number of nitrogens with one attached hydrogen (secondary N) is 1. The molecule has 0 radical (unpaired) electrons. The predicted molar refractivity (Wildman–Crippen MR) is 123 cm³/mol. The lowest BCUT2D eigenvalue weighted by Crippen LogP contribution is -2.16. The molecule has 0 aliphatic rings. The molecule has 2 aromatic carbocycles. The molecular formula is C23H18BrN3O2S. The highest BCUT2D eigenvalue weighted by molar-refractivity contribution is 9.10. The van der Waals surface area contributed by atoms with Gasteiger partial charge in [-0.25, -0.2) is 9.97 Å². The van der Waals surface area contributed by atoms with Gasteiger partial charge < -0.3 is 10.4 Å². The Balaban J connectivity index is 1.62. The topological polar surface area (TPSA) is 75.1 Å². The van der Waals surface area contributed by atoms with Crippen molar-refractivity contribution in [3.63, 3.8) is 0 Å². The molecule has 4 rings (SSSR count). The summed E-state index contributed by atoms with van der Waals surface area (Å²) in [6.45, 7) is -0.00423. The molecule has 0 aliphatic heterocycles. The molecule has 0 atom stereocenters. The number of halogens is 1. The van der Waals surface area contributed by atoms with Crippen LogP contribution in [0.5, 0.6) is 0 Å². The maximum Gasteiger partial charge on any atom is 0.230 e. The zero-order chi connectivity index (χ0) is 20.9. The van der Waals surface area contributed by atoms with Gasteiger partial charge in [-0.15, -0.1) is 11.3 Å². The molecule has 4 aromatic rings. The van der Waals surface area contributed by atoms with E-state index in [4.69, 9.17) is 4.98 Å². The molecule has 0 saturated carbocycles. The van der Waals surface area contributed by atoms with Crippen LogP contribution < -0.4 is 5.32 Å². The van der Waals surface area contributed by atoms with Crippen LogP contribution in [0.3, 0.4) is 0 Å². The Morgan fingerprint density at radius 1 is 1.03 bits per heavy atom. The van der Waals surface area contributed by atoms with Crippen molar-refractivity contribution >= 4 is 39.0 Å². The van der Waals surface area contributed by atoms with Crippen molar-refractivity contribution in [2.75, 3.05) is 5.32 Å². The van der Waals surface area contributed by atoms with Crippen LogP contribution in [-0.2, 0) is 17.8 Å². The van der Waals surface area contributed by atoms with Crippen molar-refractivity contribution in [2.45, 2.75) is 13.0 Å². The first kappa shape index (κ1) is 20.4. The Morgan fingerprint density at radius 3 is 2.43 bits per heavy atom. The van der Waals surface area contributed by atoms with Gasteiger partial charge in [-0.1, -0.05) is 58.4 Å². The van der Waals surface area contributed by atoms with Crippen LogP contribution in [0.4, 0.5) is 5.82 Å². The van der Waals surface area contributed by atoms with Gasteiger partial charge in [0.1, 0.15) is 5.69 Å². The minimum atomic E-state index is -0.149. The Kier molecular flexibility index (Phi) is 6.32. The normalized spacial score (nSPS) is 10.7. The van der Waals surface area contributed by atoms with Gasteiger partial charge in [0.25, 0.3) is 0 Å². The fourth-order valence-electron chi connectivity index (χ4n) is 2.95. The zero-order valence-corrected chi connectivity index (χ0v) is 18.3. The number of rotatable bonds is 6. The van der Waals surface area contributed by atoms with Crippen molar-refractivity contribution in [1.29, 1.82) is 0 Å². The standard InChI is InChI=1S/C23H18BrN3O2S/c24-18-9-5-15(6-10-18)12-21(29)27-23-22(20-2-1-11-30-20)26-19(13-25-23)17-7-3-16(14-28)4-8-17/h1-11,13,28H,12,14H2,(H,25,27,29). The SMILES string of the molecule is O=C(Cc1ccc(Br)cc1)Nc1ncc(-c2ccc(CO)cc2)nc1-c1cccs1. The van der Waals surface area contributed by atoms with E-state index in [2.05, 4.69) is 26.2 Å². The second-order valence-corrected chi connectivity index (χ2v) is 8.50. The highest BCUT2D eigenvalue weighted by atomic mass is 79.9. The molecule has 7 heteroatoms. The van der Waals surface area contributed by atoms with E-state index in [-0.39, 0.29) is 18.9 Å². The third kappa shape index (κ3) is 4.81. The molecule has 1 amide bonds. The number of aliphatic hydroxyl groups excluding tert-OH is 1. The van der Waals surface area contributed by atoms with Gasteiger partial charge in [0.2, 0.25) is 5.91 Å². The zero-order valence-electron chi connectivity index (χ0n) is 15.9. The molecule has 30 heavy (non-hydrogen) atoms. The minimum absolute atomic E-state index is 0.00423. The van der Waals surface area contributed by atoms with Crippen LogP contribution >= 0.6 is 27.3 Å². The first-order valence-electron chi connectivity index (χ1n) is 9.28. The smallest absolute Gasteiger partial charge is 0.230 e. The number of nitrogens with zero attached hydrogens (tertiary/aromatic N) is 2. The molecule has 2 N–H and O–H groups in total. The molecule has 0 saturated heterocycles. The second kappa shape index (κ2) is 9.30. The largest absolute Gasteiger partial charge is 0.392 e. The van der Waals surface area contributed by atoms with Crippen molar-refractivity contribution < 1.29 is 9.90 Å². The summed E-state index contributed by atoms with van der Waals surface area (Å²) in [5.74, 6) is 0.291. The summed E-state index contributed by atoms with van der Waals surface area (Å²) in [4.78, 5) is 22.8. The van der Waals surface area contributed by atoms with E-state index in [1.165, 1.54) is 0 Å². The van der Waals surface area contributed by atoms with Gasteiger partial charge in [-0.3, -0.25) is 4.79 Å². The number of carbonyl (C=O) groups excluding carboxylic acids is 1. The fourth-order valence-corrected chi connectivity index (χ4v) is 3.93. The van der Waals surface area contributed by atoms with Gasteiger partial charge in [-0.2, -0.15) is 0 Å². The second-order valence-electron chi connectivity index (χ2n) is 6.64. The van der Waals surface area contributed by atoms with Gasteiger partial charge in [0.05, 0.1) is 29.8 Å². The van der Waals surface area contributed by atoms with Crippen LogP contribution in [0.25, 0.3) is 21.8 Å². The number of anilines is 1. The van der Waals surface area contributed by atoms with E-state index in [1.54, 1.807) is 17.5 Å². The van der Waals surface area contributed by atoms with E-state index >= 15 is 0 Å².